The molecular weight excluding hydrogens is 254 g/mol. The zero-order valence-electron chi connectivity index (χ0n) is 9.42. The Morgan fingerprint density at radius 3 is 2.89 bits per heavy atom. The van der Waals surface area contributed by atoms with Gasteiger partial charge in [-0.1, -0.05) is 29.8 Å². The molecule has 18 heavy (non-hydrogen) atoms. The van der Waals surface area contributed by atoms with Crippen LogP contribution in [-0.4, -0.2) is 14.7 Å². The molecule has 2 heterocycles. The third-order valence-electron chi connectivity index (χ3n) is 2.61. The molecule has 0 radical (unpaired) electrons. The SMILES string of the molecule is Cn1oc(=O)c2nc(-c3ccccc3Cl)cnc21. The number of benzene rings is 1. The van der Waals surface area contributed by atoms with Crippen molar-refractivity contribution < 1.29 is 4.52 Å². The van der Waals surface area contributed by atoms with Crippen molar-refractivity contribution in [3.63, 3.8) is 0 Å². The van der Waals surface area contributed by atoms with Gasteiger partial charge in [0.2, 0.25) is 0 Å². The van der Waals surface area contributed by atoms with E-state index in [-0.39, 0.29) is 5.52 Å². The van der Waals surface area contributed by atoms with Gasteiger partial charge in [0.1, 0.15) is 0 Å². The Kier molecular flexibility index (Phi) is 2.41. The van der Waals surface area contributed by atoms with E-state index in [9.17, 15) is 4.79 Å². The Hall–Kier alpha value is -2.14. The summed E-state index contributed by atoms with van der Waals surface area (Å²) in [7, 11) is 1.60. The first kappa shape index (κ1) is 11.0. The van der Waals surface area contributed by atoms with Gasteiger partial charge in [-0.15, -0.1) is 0 Å². The number of rotatable bonds is 1. The summed E-state index contributed by atoms with van der Waals surface area (Å²) in [4.78, 5) is 20.0. The topological polar surface area (TPSA) is 60.9 Å². The van der Waals surface area contributed by atoms with E-state index in [4.69, 9.17) is 16.1 Å². The number of aryl methyl sites for hydroxylation is 1. The third kappa shape index (κ3) is 1.60. The molecule has 3 rings (SSSR count). The summed E-state index contributed by atoms with van der Waals surface area (Å²) in [6.07, 6.45) is 1.57. The first-order valence-corrected chi connectivity index (χ1v) is 5.62. The molecule has 2 aromatic heterocycles. The predicted octanol–water partition coefficient (Wildman–Crippen LogP) is 2.24. The van der Waals surface area contributed by atoms with Crippen molar-refractivity contribution in [1.82, 2.24) is 14.7 Å². The first-order chi connectivity index (χ1) is 8.66. The van der Waals surface area contributed by atoms with Gasteiger partial charge in [0.15, 0.2) is 11.2 Å². The lowest BCUT2D eigenvalue weighted by atomic mass is 10.1. The maximum absolute atomic E-state index is 11.5. The van der Waals surface area contributed by atoms with Crippen LogP contribution in [0.3, 0.4) is 0 Å². The highest BCUT2D eigenvalue weighted by Gasteiger charge is 2.12. The molecule has 0 saturated carbocycles. The Morgan fingerprint density at radius 1 is 1.33 bits per heavy atom. The minimum atomic E-state index is -0.506. The number of hydrogen-bond acceptors (Lipinski definition) is 4. The number of nitrogens with zero attached hydrogens (tertiary/aromatic N) is 3. The van der Waals surface area contributed by atoms with Crippen LogP contribution in [0.1, 0.15) is 0 Å². The zero-order chi connectivity index (χ0) is 12.7. The summed E-state index contributed by atoms with van der Waals surface area (Å²) in [5, 5.41) is 0.562. The van der Waals surface area contributed by atoms with Crippen LogP contribution < -0.4 is 5.63 Å². The molecule has 0 unspecified atom stereocenters. The molecule has 0 spiro atoms. The van der Waals surface area contributed by atoms with Gasteiger partial charge in [0.25, 0.3) is 0 Å². The second-order valence-electron chi connectivity index (χ2n) is 3.78. The molecule has 0 aliphatic heterocycles. The number of fused-ring (bicyclic) bond motifs is 1. The fourth-order valence-corrected chi connectivity index (χ4v) is 1.99. The fraction of sp³-hybridized carbons (Fsp3) is 0.0833. The molecule has 3 aromatic rings. The van der Waals surface area contributed by atoms with Gasteiger partial charge in [-0.05, 0) is 6.07 Å². The molecule has 90 valence electrons. The molecule has 0 saturated heterocycles. The second kappa shape index (κ2) is 3.96. The molecule has 1 aromatic carbocycles. The van der Waals surface area contributed by atoms with Crippen molar-refractivity contribution in [3.8, 4) is 11.3 Å². The maximum Gasteiger partial charge on any atom is 0.385 e. The van der Waals surface area contributed by atoms with Crippen LogP contribution >= 0.6 is 11.6 Å². The lowest BCUT2D eigenvalue weighted by Gasteiger charge is -2.02. The average Bonchev–Trinajstić information content (AvgIpc) is 2.65. The minimum Gasteiger partial charge on any atom is -0.332 e. The first-order valence-electron chi connectivity index (χ1n) is 5.25. The Balaban J connectivity index is 2.29. The van der Waals surface area contributed by atoms with Gasteiger partial charge in [0.05, 0.1) is 16.9 Å². The van der Waals surface area contributed by atoms with Crippen molar-refractivity contribution in [2.75, 3.05) is 0 Å². The Labute approximate surface area is 107 Å². The predicted molar refractivity (Wildman–Crippen MR) is 67.5 cm³/mol. The Bertz CT molecular complexity index is 791. The van der Waals surface area contributed by atoms with Crippen molar-refractivity contribution in [1.29, 1.82) is 0 Å². The highest BCUT2D eigenvalue weighted by atomic mass is 35.5. The molecule has 0 fully saturated rings. The number of hydrogen-bond donors (Lipinski definition) is 0. The van der Waals surface area contributed by atoms with E-state index in [0.717, 1.165) is 5.56 Å². The monoisotopic (exact) mass is 261 g/mol. The highest BCUT2D eigenvalue weighted by molar-refractivity contribution is 6.33. The highest BCUT2D eigenvalue weighted by Crippen LogP contribution is 2.25. The zero-order valence-corrected chi connectivity index (χ0v) is 10.2. The Morgan fingerprint density at radius 2 is 2.11 bits per heavy atom. The second-order valence-corrected chi connectivity index (χ2v) is 4.19. The molecule has 0 amide bonds. The van der Waals surface area contributed by atoms with E-state index in [1.54, 1.807) is 19.3 Å². The number of aromatic nitrogens is 3. The van der Waals surface area contributed by atoms with Crippen LogP contribution in [0, 0.1) is 0 Å². The quantitative estimate of drug-likeness (QED) is 0.674. The third-order valence-corrected chi connectivity index (χ3v) is 2.94. The average molecular weight is 262 g/mol. The van der Waals surface area contributed by atoms with Crippen molar-refractivity contribution >= 4 is 22.8 Å². The van der Waals surface area contributed by atoms with Gasteiger partial charge in [0, 0.05) is 12.6 Å². The van der Waals surface area contributed by atoms with Gasteiger partial charge in [-0.2, -0.15) is 4.74 Å². The minimum absolute atomic E-state index is 0.204. The summed E-state index contributed by atoms with van der Waals surface area (Å²) in [6.45, 7) is 0. The van der Waals surface area contributed by atoms with Crippen LogP contribution in [0.25, 0.3) is 22.4 Å². The summed E-state index contributed by atoms with van der Waals surface area (Å²) >= 11 is 6.08. The van der Waals surface area contributed by atoms with Crippen molar-refractivity contribution in [3.05, 3.63) is 45.9 Å². The van der Waals surface area contributed by atoms with Gasteiger partial charge >= 0.3 is 5.63 Å². The molecule has 0 aliphatic carbocycles. The van der Waals surface area contributed by atoms with E-state index in [1.807, 2.05) is 18.2 Å². The van der Waals surface area contributed by atoms with Crippen LogP contribution in [0.5, 0.6) is 0 Å². The van der Waals surface area contributed by atoms with Crippen molar-refractivity contribution in [2.45, 2.75) is 0 Å². The standard InChI is InChI=1S/C12H8ClN3O2/c1-16-11-10(12(17)18-16)15-9(6-14-11)7-4-2-3-5-8(7)13/h2-6H,1H3. The molecule has 6 heteroatoms. The van der Waals surface area contributed by atoms with E-state index in [2.05, 4.69) is 9.97 Å². The molecule has 0 bridgehead atoms. The van der Waals surface area contributed by atoms with Crippen molar-refractivity contribution in [2.24, 2.45) is 7.05 Å². The molecule has 0 N–H and O–H groups in total. The normalized spacial score (nSPS) is 11.0. The maximum atomic E-state index is 11.5. The van der Waals surface area contributed by atoms with E-state index >= 15 is 0 Å². The molecule has 5 nitrogen and oxygen atoms in total. The van der Waals surface area contributed by atoms with E-state index in [1.165, 1.54) is 4.74 Å². The van der Waals surface area contributed by atoms with E-state index < -0.39 is 5.63 Å². The largest absolute Gasteiger partial charge is 0.385 e. The van der Waals surface area contributed by atoms with Crippen LogP contribution in [0.2, 0.25) is 5.02 Å². The summed E-state index contributed by atoms with van der Waals surface area (Å²) in [5.74, 6) is 0. The summed E-state index contributed by atoms with van der Waals surface area (Å²) in [6, 6.07) is 7.26. The van der Waals surface area contributed by atoms with Gasteiger partial charge in [-0.3, -0.25) is 0 Å². The molecular formula is C12H8ClN3O2. The molecule has 0 aliphatic rings. The van der Waals surface area contributed by atoms with Crippen LogP contribution in [-0.2, 0) is 7.05 Å². The summed E-state index contributed by atoms with van der Waals surface area (Å²) < 4.78 is 6.18. The van der Waals surface area contributed by atoms with Crippen LogP contribution in [0.15, 0.2) is 39.8 Å². The smallest absolute Gasteiger partial charge is 0.332 e. The molecule has 0 atom stereocenters. The lowest BCUT2D eigenvalue weighted by Crippen LogP contribution is -1.96. The fourth-order valence-electron chi connectivity index (χ4n) is 1.76. The number of halogens is 1. The van der Waals surface area contributed by atoms with Crippen LogP contribution in [0.4, 0.5) is 0 Å². The summed E-state index contributed by atoms with van der Waals surface area (Å²) in [5.41, 5.74) is 1.39. The van der Waals surface area contributed by atoms with Gasteiger partial charge < -0.3 is 4.52 Å². The lowest BCUT2D eigenvalue weighted by molar-refractivity contribution is 0.294. The van der Waals surface area contributed by atoms with Gasteiger partial charge in [-0.25, -0.2) is 14.8 Å². The van der Waals surface area contributed by atoms with E-state index in [0.29, 0.717) is 16.4 Å².